The van der Waals surface area contributed by atoms with Crippen LogP contribution in [0.1, 0.15) is 48.5 Å². The van der Waals surface area contributed by atoms with E-state index in [1.807, 2.05) is 13.8 Å². The van der Waals surface area contributed by atoms with E-state index in [1.165, 1.54) is 7.11 Å². The second kappa shape index (κ2) is 8.73. The average Bonchev–Trinajstić information content (AvgIpc) is 2.33. The number of carbonyl (C=O) groups is 1. The molecule has 0 aliphatic carbocycles. The smallest absolute Gasteiger partial charge is 0.406 e. The van der Waals surface area contributed by atoms with Crippen molar-refractivity contribution in [2.24, 2.45) is 16.2 Å². The Hall–Kier alpha value is -0.810. The van der Waals surface area contributed by atoms with Gasteiger partial charge >= 0.3 is 6.09 Å². The number of rotatable bonds is 9. The highest BCUT2D eigenvalue weighted by atomic mass is 16.5. The molecule has 0 aromatic heterocycles. The standard InChI is InChI=1S/C17H35NO4/c1-15(2,3)10-21-12-17(6,7)13-22-11-16(4,5)9-18-14(19)20-8/h9-13H2,1-8H3,(H,18,19). The van der Waals surface area contributed by atoms with Crippen LogP contribution in [0.3, 0.4) is 0 Å². The molecule has 0 heterocycles. The van der Waals surface area contributed by atoms with E-state index in [4.69, 9.17) is 9.47 Å². The molecule has 0 unspecified atom stereocenters. The van der Waals surface area contributed by atoms with Crippen molar-refractivity contribution >= 4 is 6.09 Å². The van der Waals surface area contributed by atoms with Gasteiger partial charge in [-0.05, 0) is 5.41 Å². The maximum Gasteiger partial charge on any atom is 0.406 e. The van der Waals surface area contributed by atoms with Crippen LogP contribution in [-0.2, 0) is 14.2 Å². The van der Waals surface area contributed by atoms with Crippen LogP contribution in [0, 0.1) is 16.2 Å². The molecule has 0 aliphatic rings. The van der Waals surface area contributed by atoms with Gasteiger partial charge < -0.3 is 19.5 Å². The quantitative estimate of drug-likeness (QED) is 0.707. The zero-order valence-corrected chi connectivity index (χ0v) is 15.7. The van der Waals surface area contributed by atoms with Crippen molar-refractivity contribution in [3.8, 4) is 0 Å². The Morgan fingerprint density at radius 3 is 1.73 bits per heavy atom. The van der Waals surface area contributed by atoms with E-state index in [0.29, 0.717) is 26.4 Å². The van der Waals surface area contributed by atoms with Gasteiger partial charge in [0.1, 0.15) is 0 Å². The van der Waals surface area contributed by atoms with Crippen molar-refractivity contribution in [2.45, 2.75) is 48.5 Å². The first kappa shape index (κ1) is 21.2. The van der Waals surface area contributed by atoms with Crippen LogP contribution < -0.4 is 5.32 Å². The fraction of sp³-hybridized carbons (Fsp3) is 0.941. The third-order valence-electron chi connectivity index (χ3n) is 2.91. The molecule has 0 radical (unpaired) electrons. The second-order valence-corrected chi connectivity index (χ2v) is 8.72. The van der Waals surface area contributed by atoms with Gasteiger partial charge in [0.05, 0.1) is 33.5 Å². The number of methoxy groups -OCH3 is 1. The normalized spacial score (nSPS) is 13.1. The van der Waals surface area contributed by atoms with Crippen LogP contribution in [0.25, 0.3) is 0 Å². The number of carbonyl (C=O) groups excluding carboxylic acids is 1. The molecule has 0 bridgehead atoms. The van der Waals surface area contributed by atoms with Gasteiger partial charge in [0.2, 0.25) is 0 Å². The van der Waals surface area contributed by atoms with Gasteiger partial charge in [-0.25, -0.2) is 4.79 Å². The van der Waals surface area contributed by atoms with E-state index < -0.39 is 6.09 Å². The predicted octanol–water partition coefficient (Wildman–Crippen LogP) is 3.47. The summed E-state index contributed by atoms with van der Waals surface area (Å²) in [5, 5.41) is 2.71. The highest BCUT2D eigenvalue weighted by molar-refractivity contribution is 5.66. The number of ether oxygens (including phenoxy) is 3. The largest absolute Gasteiger partial charge is 0.453 e. The van der Waals surface area contributed by atoms with E-state index in [9.17, 15) is 4.79 Å². The second-order valence-electron chi connectivity index (χ2n) is 8.72. The predicted molar refractivity (Wildman–Crippen MR) is 89.1 cm³/mol. The summed E-state index contributed by atoms with van der Waals surface area (Å²) >= 11 is 0. The fourth-order valence-corrected chi connectivity index (χ4v) is 1.71. The molecule has 1 amide bonds. The van der Waals surface area contributed by atoms with E-state index in [-0.39, 0.29) is 16.2 Å². The molecule has 0 aromatic rings. The number of hydrogen-bond acceptors (Lipinski definition) is 4. The van der Waals surface area contributed by atoms with Gasteiger partial charge in [-0.1, -0.05) is 48.5 Å². The van der Waals surface area contributed by atoms with Crippen LogP contribution in [-0.4, -0.2) is 46.2 Å². The Morgan fingerprint density at radius 2 is 1.27 bits per heavy atom. The molecule has 0 spiro atoms. The molecule has 132 valence electrons. The Balaban J connectivity index is 4.02. The van der Waals surface area contributed by atoms with E-state index in [2.05, 4.69) is 44.7 Å². The molecule has 5 heteroatoms. The molecule has 0 aliphatic heterocycles. The van der Waals surface area contributed by atoms with Gasteiger partial charge in [0.25, 0.3) is 0 Å². The molecular weight excluding hydrogens is 282 g/mol. The van der Waals surface area contributed by atoms with E-state index >= 15 is 0 Å². The number of hydrogen-bond donors (Lipinski definition) is 1. The molecule has 0 saturated carbocycles. The zero-order chi connectivity index (χ0) is 17.4. The van der Waals surface area contributed by atoms with Gasteiger partial charge in [0, 0.05) is 17.4 Å². The van der Waals surface area contributed by atoms with E-state index in [1.54, 1.807) is 0 Å². The highest BCUT2D eigenvalue weighted by Crippen LogP contribution is 2.21. The fourth-order valence-electron chi connectivity index (χ4n) is 1.71. The van der Waals surface area contributed by atoms with Gasteiger partial charge in [-0.2, -0.15) is 0 Å². The van der Waals surface area contributed by atoms with Crippen LogP contribution >= 0.6 is 0 Å². The molecule has 0 aromatic carbocycles. The summed E-state index contributed by atoms with van der Waals surface area (Å²) in [6, 6.07) is 0. The Morgan fingerprint density at radius 1 is 0.818 bits per heavy atom. The molecule has 1 N–H and O–H groups in total. The third kappa shape index (κ3) is 11.8. The lowest BCUT2D eigenvalue weighted by Gasteiger charge is -2.30. The molecule has 0 rings (SSSR count). The number of nitrogens with one attached hydrogen (secondary N) is 1. The molecule has 5 nitrogen and oxygen atoms in total. The zero-order valence-electron chi connectivity index (χ0n) is 15.7. The molecule has 0 saturated heterocycles. The van der Waals surface area contributed by atoms with Crippen LogP contribution in [0.2, 0.25) is 0 Å². The van der Waals surface area contributed by atoms with E-state index in [0.717, 1.165) is 6.61 Å². The maximum atomic E-state index is 11.1. The van der Waals surface area contributed by atoms with Crippen molar-refractivity contribution in [2.75, 3.05) is 40.1 Å². The first-order valence-corrected chi connectivity index (χ1v) is 7.84. The van der Waals surface area contributed by atoms with Crippen LogP contribution in [0.5, 0.6) is 0 Å². The summed E-state index contributed by atoms with van der Waals surface area (Å²) in [7, 11) is 1.36. The first-order valence-electron chi connectivity index (χ1n) is 7.84. The summed E-state index contributed by atoms with van der Waals surface area (Å²) < 4.78 is 16.2. The van der Waals surface area contributed by atoms with Gasteiger partial charge in [0.15, 0.2) is 0 Å². The van der Waals surface area contributed by atoms with Crippen molar-refractivity contribution in [3.05, 3.63) is 0 Å². The summed E-state index contributed by atoms with van der Waals surface area (Å²) in [5.74, 6) is 0. The lowest BCUT2D eigenvalue weighted by Crippen LogP contribution is -2.38. The maximum absolute atomic E-state index is 11.1. The van der Waals surface area contributed by atoms with Crippen molar-refractivity contribution < 1.29 is 19.0 Å². The van der Waals surface area contributed by atoms with Crippen molar-refractivity contribution in [1.29, 1.82) is 0 Å². The monoisotopic (exact) mass is 317 g/mol. The van der Waals surface area contributed by atoms with Crippen molar-refractivity contribution in [3.63, 3.8) is 0 Å². The number of amides is 1. The SMILES string of the molecule is COC(=O)NCC(C)(C)COCC(C)(C)COCC(C)(C)C. The minimum absolute atomic E-state index is 0.0306. The molecule has 22 heavy (non-hydrogen) atoms. The van der Waals surface area contributed by atoms with Crippen LogP contribution in [0.4, 0.5) is 4.79 Å². The highest BCUT2D eigenvalue weighted by Gasteiger charge is 2.24. The Bertz CT molecular complexity index is 332. The summed E-state index contributed by atoms with van der Waals surface area (Å²) in [4.78, 5) is 11.1. The molecule has 0 fully saturated rings. The first-order chi connectivity index (χ1) is 9.87. The average molecular weight is 317 g/mol. The number of alkyl carbamates (subject to hydrolysis) is 1. The summed E-state index contributed by atoms with van der Waals surface area (Å²) in [6.07, 6.45) is -0.413. The topological polar surface area (TPSA) is 56.8 Å². The van der Waals surface area contributed by atoms with Crippen molar-refractivity contribution in [1.82, 2.24) is 5.32 Å². The Labute approximate surface area is 136 Å². The summed E-state index contributed by atoms with van der Waals surface area (Å²) in [5.41, 5.74) is 0.00608. The third-order valence-corrected chi connectivity index (χ3v) is 2.91. The Kier molecular flexibility index (Phi) is 8.40. The minimum atomic E-state index is -0.413. The van der Waals surface area contributed by atoms with Gasteiger partial charge in [-0.15, -0.1) is 0 Å². The van der Waals surface area contributed by atoms with Crippen LogP contribution in [0.15, 0.2) is 0 Å². The van der Waals surface area contributed by atoms with Gasteiger partial charge in [-0.3, -0.25) is 0 Å². The summed E-state index contributed by atoms with van der Waals surface area (Å²) in [6.45, 7) is 18.0. The molecular formula is C17H35NO4. The lowest BCUT2D eigenvalue weighted by atomic mass is 9.93. The minimum Gasteiger partial charge on any atom is -0.453 e. The lowest BCUT2D eigenvalue weighted by molar-refractivity contribution is -0.0374. The molecule has 0 atom stereocenters.